The molecule has 0 aromatic carbocycles. The molecule has 1 aromatic heterocycles. The zero-order valence-corrected chi connectivity index (χ0v) is 14.7. The summed E-state index contributed by atoms with van der Waals surface area (Å²) in [5, 5.41) is 10.1. The SMILES string of the molecule is Cc1cn([C@H]2C[C@H](O)[C@](COP(=O)(O)O)(SC(F)(F)F)O2)c(=O)[nH]c1=O. The van der Waals surface area contributed by atoms with E-state index >= 15 is 0 Å². The van der Waals surface area contributed by atoms with Crippen molar-refractivity contribution in [2.45, 2.75) is 36.1 Å². The Hall–Kier alpha value is -1.15. The predicted octanol–water partition coefficient (Wildman–Crippen LogP) is 0.183. The Labute approximate surface area is 147 Å². The van der Waals surface area contributed by atoms with E-state index in [2.05, 4.69) is 4.52 Å². The van der Waals surface area contributed by atoms with E-state index < -0.39 is 66.6 Å². The molecule has 1 saturated heterocycles. The van der Waals surface area contributed by atoms with Crippen LogP contribution in [0, 0.1) is 6.92 Å². The second-order valence-corrected chi connectivity index (χ2v) is 8.02. The first-order valence-corrected chi connectivity index (χ1v) is 9.22. The number of aliphatic hydroxyl groups is 1. The van der Waals surface area contributed by atoms with Gasteiger partial charge in [0.25, 0.3) is 5.56 Å². The molecule has 1 aliphatic rings. The first-order chi connectivity index (χ1) is 11.7. The molecule has 0 aliphatic carbocycles. The van der Waals surface area contributed by atoms with Crippen molar-refractivity contribution < 1.29 is 41.9 Å². The number of hydrogen-bond acceptors (Lipinski definition) is 7. The number of ether oxygens (including phenoxy) is 1. The standard InChI is InChI=1S/C11H14F3N2O8PS/c1-5-3-16(9(19)15-8(5)18)7-2-6(17)10(24-7,26-11(12,13)14)4-23-25(20,21)22/h3,6-7,17H,2,4H2,1H3,(H,15,18,19)(H2,20,21,22)/t6-,7+,10-/m0/s1. The average Bonchev–Trinajstić information content (AvgIpc) is 2.75. The monoisotopic (exact) mass is 422 g/mol. The number of thioether (sulfide) groups is 1. The van der Waals surface area contributed by atoms with Crippen LogP contribution in [0.2, 0.25) is 0 Å². The second kappa shape index (κ2) is 7.11. The number of aryl methyl sites for hydroxylation is 1. The highest BCUT2D eigenvalue weighted by Crippen LogP contribution is 2.52. The lowest BCUT2D eigenvalue weighted by atomic mass is 10.2. The molecule has 1 aromatic rings. The fourth-order valence-corrected chi connectivity index (χ4v) is 3.67. The van der Waals surface area contributed by atoms with Crippen LogP contribution in [0.1, 0.15) is 18.2 Å². The van der Waals surface area contributed by atoms with E-state index in [1.54, 1.807) is 0 Å². The Balaban J connectivity index is 2.39. The molecule has 0 amide bonds. The number of nitrogens with one attached hydrogen (secondary N) is 1. The molecule has 0 radical (unpaired) electrons. The molecule has 0 bridgehead atoms. The fraction of sp³-hybridized carbons (Fsp3) is 0.636. The molecule has 0 unspecified atom stereocenters. The van der Waals surface area contributed by atoms with Crippen molar-refractivity contribution >= 4 is 19.6 Å². The topological polar surface area (TPSA) is 151 Å². The van der Waals surface area contributed by atoms with Crippen LogP contribution in [-0.4, -0.2) is 47.6 Å². The maximum Gasteiger partial charge on any atom is 0.469 e. The van der Waals surface area contributed by atoms with Crippen LogP contribution < -0.4 is 11.2 Å². The van der Waals surface area contributed by atoms with Gasteiger partial charge in [0, 0.05) is 18.2 Å². The minimum absolute atomic E-state index is 0.0649. The molecule has 2 heterocycles. The summed E-state index contributed by atoms with van der Waals surface area (Å²) in [4.78, 5) is 40.0. The number of rotatable bonds is 5. The molecule has 0 saturated carbocycles. The number of halogens is 3. The van der Waals surface area contributed by atoms with Crippen molar-refractivity contribution in [3.63, 3.8) is 0 Å². The lowest BCUT2D eigenvalue weighted by Crippen LogP contribution is -2.43. The molecule has 1 fully saturated rings. The van der Waals surface area contributed by atoms with Gasteiger partial charge in [-0.3, -0.25) is 18.9 Å². The fourth-order valence-electron chi connectivity index (χ4n) is 2.32. The Bertz CT molecular complexity index is 836. The number of phosphoric ester groups is 1. The number of phosphoric acid groups is 1. The largest absolute Gasteiger partial charge is 0.469 e. The van der Waals surface area contributed by atoms with E-state index in [-0.39, 0.29) is 5.56 Å². The first-order valence-electron chi connectivity index (χ1n) is 6.87. The third-order valence-electron chi connectivity index (χ3n) is 3.45. The van der Waals surface area contributed by atoms with Crippen molar-refractivity contribution in [2.24, 2.45) is 0 Å². The van der Waals surface area contributed by atoms with Crippen LogP contribution in [0.4, 0.5) is 13.2 Å². The lowest BCUT2D eigenvalue weighted by Gasteiger charge is -2.31. The van der Waals surface area contributed by atoms with Gasteiger partial charge in [-0.25, -0.2) is 9.36 Å². The van der Waals surface area contributed by atoms with Crippen LogP contribution in [0.5, 0.6) is 0 Å². The molecule has 1 aliphatic heterocycles. The first kappa shape index (κ1) is 21.2. The molecule has 10 nitrogen and oxygen atoms in total. The summed E-state index contributed by atoms with van der Waals surface area (Å²) in [6, 6.07) is 0. The number of nitrogens with zero attached hydrogens (tertiary/aromatic N) is 1. The minimum Gasteiger partial charge on any atom is -0.389 e. The highest BCUT2D eigenvalue weighted by atomic mass is 32.2. The van der Waals surface area contributed by atoms with Crippen molar-refractivity contribution in [1.82, 2.24) is 9.55 Å². The molecule has 2 rings (SSSR count). The summed E-state index contributed by atoms with van der Waals surface area (Å²) in [5.74, 6) is 0. The van der Waals surface area contributed by atoms with E-state index in [0.717, 1.165) is 10.8 Å². The molecular formula is C11H14F3N2O8PS. The van der Waals surface area contributed by atoms with E-state index in [1.165, 1.54) is 6.92 Å². The van der Waals surface area contributed by atoms with Gasteiger partial charge in [0.2, 0.25) is 0 Å². The number of aliphatic hydroxyl groups excluding tert-OH is 1. The van der Waals surface area contributed by atoms with Crippen molar-refractivity contribution in [2.75, 3.05) is 6.61 Å². The molecular weight excluding hydrogens is 408 g/mol. The molecule has 148 valence electrons. The quantitative estimate of drug-likeness (QED) is 0.487. The number of aromatic amines is 1. The number of H-pyrrole nitrogens is 1. The Kier molecular flexibility index (Phi) is 5.78. The van der Waals surface area contributed by atoms with Gasteiger partial charge in [-0.15, -0.1) is 0 Å². The summed E-state index contributed by atoms with van der Waals surface area (Å²) in [5.41, 5.74) is -6.57. The van der Waals surface area contributed by atoms with Crippen molar-refractivity contribution in [1.29, 1.82) is 0 Å². The lowest BCUT2D eigenvalue weighted by molar-refractivity contribution is -0.0843. The van der Waals surface area contributed by atoms with Gasteiger partial charge in [0.05, 0.1) is 6.10 Å². The normalized spacial score (nSPS) is 27.0. The summed E-state index contributed by atoms with van der Waals surface area (Å²) >= 11 is -0.856. The third-order valence-corrected chi connectivity index (χ3v) is 4.98. The van der Waals surface area contributed by atoms with Gasteiger partial charge in [-0.1, -0.05) is 0 Å². The van der Waals surface area contributed by atoms with E-state index in [4.69, 9.17) is 14.5 Å². The molecule has 15 heteroatoms. The maximum atomic E-state index is 12.9. The van der Waals surface area contributed by atoms with Crippen LogP contribution in [-0.2, 0) is 13.8 Å². The zero-order chi connectivity index (χ0) is 19.9. The van der Waals surface area contributed by atoms with Crippen LogP contribution in [0.3, 0.4) is 0 Å². The van der Waals surface area contributed by atoms with Gasteiger partial charge in [-0.05, 0) is 18.7 Å². The molecule has 26 heavy (non-hydrogen) atoms. The summed E-state index contributed by atoms with van der Waals surface area (Å²) < 4.78 is 59.5. The number of hydrogen-bond donors (Lipinski definition) is 4. The number of aromatic nitrogens is 2. The average molecular weight is 422 g/mol. The predicted molar refractivity (Wildman–Crippen MR) is 81.2 cm³/mol. The van der Waals surface area contributed by atoms with Gasteiger partial charge < -0.3 is 19.6 Å². The van der Waals surface area contributed by atoms with Crippen molar-refractivity contribution in [3.05, 3.63) is 32.6 Å². The smallest absolute Gasteiger partial charge is 0.389 e. The minimum atomic E-state index is -5.16. The highest BCUT2D eigenvalue weighted by molar-refractivity contribution is 8.01. The van der Waals surface area contributed by atoms with E-state index in [0.29, 0.717) is 0 Å². The van der Waals surface area contributed by atoms with Crippen LogP contribution in [0.15, 0.2) is 15.8 Å². The Morgan fingerprint density at radius 3 is 2.65 bits per heavy atom. The van der Waals surface area contributed by atoms with Gasteiger partial charge in [0.1, 0.15) is 12.8 Å². The Morgan fingerprint density at radius 2 is 2.12 bits per heavy atom. The molecule has 3 atom stereocenters. The van der Waals surface area contributed by atoms with Crippen molar-refractivity contribution in [3.8, 4) is 0 Å². The van der Waals surface area contributed by atoms with E-state index in [1.807, 2.05) is 4.98 Å². The van der Waals surface area contributed by atoms with E-state index in [9.17, 15) is 32.4 Å². The second-order valence-electron chi connectivity index (χ2n) is 5.43. The van der Waals surface area contributed by atoms with Gasteiger partial charge in [-0.2, -0.15) is 13.2 Å². The third kappa shape index (κ3) is 4.97. The molecule has 4 N–H and O–H groups in total. The Morgan fingerprint density at radius 1 is 1.50 bits per heavy atom. The highest BCUT2D eigenvalue weighted by Gasteiger charge is 2.56. The van der Waals surface area contributed by atoms with Gasteiger partial charge >= 0.3 is 19.0 Å². The summed E-state index contributed by atoms with van der Waals surface area (Å²) in [6.45, 7) is 0.0466. The number of alkyl halides is 3. The van der Waals surface area contributed by atoms with Gasteiger partial charge in [0.15, 0.2) is 4.93 Å². The van der Waals surface area contributed by atoms with Crippen LogP contribution in [0.25, 0.3) is 0 Å². The summed E-state index contributed by atoms with van der Waals surface area (Å²) in [6.07, 6.45) is -2.79. The summed E-state index contributed by atoms with van der Waals surface area (Å²) in [7, 11) is -5.16. The molecule has 0 spiro atoms. The van der Waals surface area contributed by atoms with Crippen LogP contribution >= 0.6 is 19.6 Å². The maximum absolute atomic E-state index is 12.9. The zero-order valence-electron chi connectivity index (χ0n) is 13.0.